The fraction of sp³-hybridized carbons (Fsp3) is 0.111. The van der Waals surface area contributed by atoms with Crippen molar-refractivity contribution >= 4 is 52.0 Å². The van der Waals surface area contributed by atoms with Gasteiger partial charge in [-0.2, -0.15) is 5.10 Å². The Morgan fingerprint density at radius 1 is 1.16 bits per heavy atom. The molecule has 0 atom stereocenters. The number of nitrogens with one attached hydrogen (secondary N) is 1. The Morgan fingerprint density at radius 3 is 2.68 bits per heavy atom. The van der Waals surface area contributed by atoms with Crippen LogP contribution in [0.2, 0.25) is 10.0 Å². The van der Waals surface area contributed by atoms with E-state index in [0.29, 0.717) is 44.5 Å². The maximum atomic E-state index is 12.5. The van der Waals surface area contributed by atoms with Crippen LogP contribution in [0.1, 0.15) is 27.2 Å². The third-order valence-electron chi connectivity index (χ3n) is 5.42. The third kappa shape index (κ3) is 6.13. The van der Waals surface area contributed by atoms with Gasteiger partial charge >= 0.3 is 5.91 Å². The van der Waals surface area contributed by atoms with E-state index in [-0.39, 0.29) is 18.1 Å². The molecule has 0 aliphatic rings. The van der Waals surface area contributed by atoms with Crippen molar-refractivity contribution in [3.05, 3.63) is 110 Å². The van der Waals surface area contributed by atoms with Crippen molar-refractivity contribution in [3.63, 3.8) is 0 Å². The van der Waals surface area contributed by atoms with Gasteiger partial charge in [-0.1, -0.05) is 35.3 Å². The Labute approximate surface area is 227 Å². The number of amides is 1. The Balaban J connectivity index is 1.50. The smallest absolute Gasteiger partial charge is 0.307 e. The van der Waals surface area contributed by atoms with Crippen LogP contribution in [0.15, 0.2) is 76.8 Å². The number of ether oxygens (including phenoxy) is 2. The normalized spacial score (nSPS) is 11.0. The van der Waals surface area contributed by atoms with Crippen molar-refractivity contribution in [2.75, 3.05) is 7.11 Å². The number of allylic oxidation sites excluding steroid dienone is 1. The molecule has 0 saturated heterocycles. The number of nitro benzene ring substituents is 1. The molecule has 0 fully saturated rings. The summed E-state index contributed by atoms with van der Waals surface area (Å²) >= 11 is 12.1. The highest BCUT2D eigenvalue weighted by Gasteiger charge is 2.16. The quantitative estimate of drug-likeness (QED) is 0.101. The predicted octanol–water partition coefficient (Wildman–Crippen LogP) is 6.73. The summed E-state index contributed by atoms with van der Waals surface area (Å²) in [5.74, 6) is 0.362. The van der Waals surface area contributed by atoms with Crippen molar-refractivity contribution in [1.29, 1.82) is 0 Å². The standard InChI is InChI=1S/C27H21Cl2N3O6/c1-3-4-18-9-17(11-24(36-2)26(18)37-15-16-5-7-21(28)22(29)10-16)14-30-31-27(33)25-13-19-12-20(32(34)35)6-8-23(19)38-25/h3,5-14H,1,4,15H2,2H3,(H,31,33)/b30-14-. The van der Waals surface area contributed by atoms with Crippen molar-refractivity contribution < 1.29 is 23.6 Å². The number of benzene rings is 3. The van der Waals surface area contributed by atoms with E-state index in [1.807, 2.05) is 12.1 Å². The minimum atomic E-state index is -0.611. The van der Waals surface area contributed by atoms with Gasteiger partial charge in [0.05, 0.1) is 28.3 Å². The number of non-ortho nitro benzene ring substituents is 1. The molecule has 0 unspecified atom stereocenters. The molecule has 1 N–H and O–H groups in total. The van der Waals surface area contributed by atoms with Crippen molar-refractivity contribution in [2.24, 2.45) is 5.10 Å². The van der Waals surface area contributed by atoms with Crippen LogP contribution in [0, 0.1) is 10.1 Å². The van der Waals surface area contributed by atoms with Crippen LogP contribution < -0.4 is 14.9 Å². The number of carbonyl (C=O) groups excluding carboxylic acids is 1. The molecule has 4 aromatic rings. The van der Waals surface area contributed by atoms with Gasteiger partial charge < -0.3 is 13.9 Å². The van der Waals surface area contributed by atoms with Gasteiger partial charge in [0.2, 0.25) is 0 Å². The first-order chi connectivity index (χ1) is 18.3. The van der Waals surface area contributed by atoms with Crippen LogP contribution in [0.25, 0.3) is 11.0 Å². The van der Waals surface area contributed by atoms with Crippen LogP contribution in [-0.2, 0) is 13.0 Å². The lowest BCUT2D eigenvalue weighted by Gasteiger charge is -2.16. The lowest BCUT2D eigenvalue weighted by Crippen LogP contribution is -2.16. The molecule has 9 nitrogen and oxygen atoms in total. The van der Waals surface area contributed by atoms with Gasteiger partial charge in [-0.3, -0.25) is 14.9 Å². The van der Waals surface area contributed by atoms with E-state index in [4.69, 9.17) is 37.1 Å². The number of carbonyl (C=O) groups is 1. The van der Waals surface area contributed by atoms with E-state index in [2.05, 4.69) is 17.1 Å². The molecule has 1 heterocycles. The fourth-order valence-electron chi connectivity index (χ4n) is 3.64. The van der Waals surface area contributed by atoms with Crippen molar-refractivity contribution in [3.8, 4) is 11.5 Å². The minimum Gasteiger partial charge on any atom is -0.493 e. The van der Waals surface area contributed by atoms with E-state index in [1.54, 1.807) is 24.3 Å². The summed E-state index contributed by atoms with van der Waals surface area (Å²) in [6.45, 7) is 4.04. The maximum absolute atomic E-state index is 12.5. The second-order valence-electron chi connectivity index (χ2n) is 8.03. The zero-order valence-corrected chi connectivity index (χ0v) is 21.6. The second-order valence-corrected chi connectivity index (χ2v) is 8.84. The molecule has 0 aliphatic carbocycles. The molecule has 0 saturated carbocycles. The number of hydrogen-bond acceptors (Lipinski definition) is 7. The number of nitro groups is 1. The summed E-state index contributed by atoms with van der Waals surface area (Å²) in [7, 11) is 1.52. The molecule has 0 spiro atoms. The summed E-state index contributed by atoms with van der Waals surface area (Å²) in [6, 6.07) is 14.3. The largest absolute Gasteiger partial charge is 0.493 e. The number of halogens is 2. The Morgan fingerprint density at radius 2 is 1.97 bits per heavy atom. The molecule has 194 valence electrons. The molecule has 0 aliphatic heterocycles. The topological polar surface area (TPSA) is 116 Å². The summed E-state index contributed by atoms with van der Waals surface area (Å²) in [5.41, 5.74) is 4.91. The van der Waals surface area contributed by atoms with Gasteiger partial charge in [-0.25, -0.2) is 5.43 Å². The summed E-state index contributed by atoms with van der Waals surface area (Å²) < 4.78 is 17.1. The van der Waals surface area contributed by atoms with E-state index < -0.39 is 10.8 Å². The van der Waals surface area contributed by atoms with Crippen LogP contribution >= 0.6 is 23.2 Å². The zero-order valence-electron chi connectivity index (χ0n) is 20.1. The van der Waals surface area contributed by atoms with Crippen molar-refractivity contribution in [2.45, 2.75) is 13.0 Å². The van der Waals surface area contributed by atoms with Crippen LogP contribution in [0.4, 0.5) is 5.69 Å². The Bertz CT molecular complexity index is 1560. The highest BCUT2D eigenvalue weighted by Crippen LogP contribution is 2.34. The Kier molecular flexibility index (Phi) is 8.30. The van der Waals surface area contributed by atoms with Gasteiger partial charge in [0, 0.05) is 23.1 Å². The van der Waals surface area contributed by atoms with Crippen LogP contribution in [0.3, 0.4) is 0 Å². The maximum Gasteiger partial charge on any atom is 0.307 e. The molecule has 11 heteroatoms. The fourth-order valence-corrected chi connectivity index (χ4v) is 3.96. The minimum absolute atomic E-state index is 0.0337. The summed E-state index contributed by atoms with van der Waals surface area (Å²) in [6.07, 6.45) is 3.67. The van der Waals surface area contributed by atoms with Gasteiger partial charge in [0.1, 0.15) is 12.2 Å². The molecule has 4 rings (SSSR count). The number of rotatable bonds is 10. The molecule has 38 heavy (non-hydrogen) atoms. The first-order valence-electron chi connectivity index (χ1n) is 11.2. The highest BCUT2D eigenvalue weighted by atomic mass is 35.5. The van der Waals surface area contributed by atoms with E-state index in [9.17, 15) is 14.9 Å². The SMILES string of the molecule is C=CCc1cc(/C=N\NC(=O)c2cc3cc([N+](=O)[O-])ccc3o2)cc(OC)c1OCc1ccc(Cl)c(Cl)c1. The number of hydrazone groups is 1. The molecule has 1 aromatic heterocycles. The Hall–Kier alpha value is -4.34. The second kappa shape index (κ2) is 11.8. The van der Waals surface area contributed by atoms with Gasteiger partial charge in [0.15, 0.2) is 17.3 Å². The predicted molar refractivity (Wildman–Crippen MR) is 146 cm³/mol. The van der Waals surface area contributed by atoms with E-state index in [1.165, 1.54) is 37.6 Å². The zero-order chi connectivity index (χ0) is 27.2. The number of fused-ring (bicyclic) bond motifs is 1. The number of nitrogens with zero attached hydrogens (tertiary/aromatic N) is 2. The summed E-state index contributed by atoms with van der Waals surface area (Å²) in [4.78, 5) is 23.0. The lowest BCUT2D eigenvalue weighted by atomic mass is 10.1. The highest BCUT2D eigenvalue weighted by molar-refractivity contribution is 6.42. The first-order valence-corrected chi connectivity index (χ1v) is 11.9. The van der Waals surface area contributed by atoms with Gasteiger partial charge in [-0.05, 0) is 53.9 Å². The molecule has 0 radical (unpaired) electrons. The number of methoxy groups -OCH3 is 1. The van der Waals surface area contributed by atoms with E-state index in [0.717, 1.165) is 11.1 Å². The van der Waals surface area contributed by atoms with E-state index >= 15 is 0 Å². The molecule has 1 amide bonds. The monoisotopic (exact) mass is 553 g/mol. The van der Waals surface area contributed by atoms with Crippen LogP contribution in [0.5, 0.6) is 11.5 Å². The summed E-state index contributed by atoms with van der Waals surface area (Å²) in [5, 5.41) is 16.3. The molecular weight excluding hydrogens is 533 g/mol. The van der Waals surface area contributed by atoms with Gasteiger partial charge in [-0.15, -0.1) is 6.58 Å². The molecule has 0 bridgehead atoms. The lowest BCUT2D eigenvalue weighted by molar-refractivity contribution is -0.384. The van der Waals surface area contributed by atoms with Gasteiger partial charge in [0.25, 0.3) is 5.69 Å². The van der Waals surface area contributed by atoms with Crippen molar-refractivity contribution in [1.82, 2.24) is 5.43 Å². The number of furan rings is 1. The number of hydrogen-bond donors (Lipinski definition) is 1. The third-order valence-corrected chi connectivity index (χ3v) is 6.16. The van der Waals surface area contributed by atoms with Crippen LogP contribution in [-0.4, -0.2) is 24.2 Å². The molecule has 3 aromatic carbocycles. The average Bonchev–Trinajstić information content (AvgIpc) is 3.33. The first kappa shape index (κ1) is 26.7. The average molecular weight is 554 g/mol. The molecular formula is C27H21Cl2N3O6.